The van der Waals surface area contributed by atoms with E-state index in [1.54, 1.807) is 57.3 Å². The molecule has 0 heterocycles. The van der Waals surface area contributed by atoms with E-state index in [9.17, 15) is 34.0 Å². The predicted molar refractivity (Wildman–Crippen MR) is 176 cm³/mol. The number of carboxylic acids is 1. The quantitative estimate of drug-likeness (QED) is 0.142. The van der Waals surface area contributed by atoms with E-state index in [0.717, 1.165) is 10.5 Å². The second-order valence-corrected chi connectivity index (χ2v) is 12.7. The number of carboxylic acid groups (broad SMARTS) is 1. The lowest BCUT2D eigenvalue weighted by atomic mass is 10.0. The predicted octanol–water partition coefficient (Wildman–Crippen LogP) is 2.10. The molecule has 0 radical (unpaired) electrons. The second kappa shape index (κ2) is 19.5. The summed E-state index contributed by atoms with van der Waals surface area (Å²) in [5.74, 6) is -2.38. The smallest absolute Gasteiger partial charge is 0.415 e. The summed E-state index contributed by atoms with van der Waals surface area (Å²) in [6.07, 6.45) is -1.45. The summed E-state index contributed by atoms with van der Waals surface area (Å²) in [6.45, 7) is 4.00. The summed E-state index contributed by atoms with van der Waals surface area (Å²) in [7, 11) is 2.42. The topological polar surface area (TPSA) is 227 Å². The first kappa shape index (κ1) is 39.8. The van der Waals surface area contributed by atoms with E-state index in [1.165, 1.54) is 35.8 Å². The molecule has 2 aromatic carbocycles. The van der Waals surface area contributed by atoms with Crippen molar-refractivity contribution in [2.45, 2.75) is 45.5 Å². The molecular formula is C31H45N6O10P. The molecule has 264 valence electrons. The molecule has 7 N–H and O–H groups in total. The number of primary amides is 1. The zero-order valence-corrected chi connectivity index (χ0v) is 28.6. The van der Waals surface area contributed by atoms with Crippen LogP contribution in [0.25, 0.3) is 0 Å². The molecule has 4 amide bonds. The van der Waals surface area contributed by atoms with Gasteiger partial charge < -0.3 is 45.7 Å². The van der Waals surface area contributed by atoms with E-state index in [-0.39, 0.29) is 50.0 Å². The van der Waals surface area contributed by atoms with Gasteiger partial charge in [0.05, 0.1) is 6.61 Å². The lowest BCUT2D eigenvalue weighted by molar-refractivity contribution is -0.139. The van der Waals surface area contributed by atoms with E-state index in [0.29, 0.717) is 12.1 Å². The Bertz CT molecular complexity index is 1380. The van der Waals surface area contributed by atoms with Gasteiger partial charge >= 0.3 is 18.2 Å². The number of rotatable bonds is 18. The van der Waals surface area contributed by atoms with Crippen molar-refractivity contribution in [3.8, 4) is 5.75 Å². The summed E-state index contributed by atoms with van der Waals surface area (Å²) in [5, 5.41) is 12.0. The number of likely N-dealkylation sites (N-methyl/N-ethyl adjacent to an activating group) is 3. The highest BCUT2D eigenvalue weighted by atomic mass is 31.2. The van der Waals surface area contributed by atoms with E-state index in [2.05, 4.69) is 5.32 Å². The fraction of sp³-hybridized carbons (Fsp3) is 0.452. The van der Waals surface area contributed by atoms with Gasteiger partial charge in [-0.15, -0.1) is 0 Å². The minimum absolute atomic E-state index is 0.0744. The van der Waals surface area contributed by atoms with Crippen LogP contribution in [0.1, 0.15) is 41.8 Å². The number of hydrogen-bond donors (Lipinski definition) is 5. The molecule has 2 rings (SSSR count). The van der Waals surface area contributed by atoms with Crippen LogP contribution in [0.3, 0.4) is 0 Å². The molecule has 0 aromatic heterocycles. The number of amides is 4. The van der Waals surface area contributed by atoms with Crippen LogP contribution in [0.5, 0.6) is 5.75 Å². The van der Waals surface area contributed by atoms with Gasteiger partial charge in [-0.1, -0.05) is 38.1 Å². The first-order chi connectivity index (χ1) is 22.6. The van der Waals surface area contributed by atoms with E-state index < -0.39 is 50.6 Å². The maximum Gasteiger partial charge on any atom is 0.415 e. The lowest BCUT2D eigenvalue weighted by Crippen LogP contribution is -2.48. The van der Waals surface area contributed by atoms with Gasteiger partial charge in [0.1, 0.15) is 24.4 Å². The van der Waals surface area contributed by atoms with Crippen molar-refractivity contribution in [3.05, 3.63) is 65.2 Å². The SMILES string of the molecule is CC(C)C(C(N)=O)N(C)C(=O)OCc1ccc(OC(=O)N(C)CCN(C)P(O)OCCC(NC(=O)c2ccc(CN)cc2)C(=O)O)cc1. The van der Waals surface area contributed by atoms with Crippen LogP contribution in [0.15, 0.2) is 48.5 Å². The number of nitrogens with zero attached hydrogens (tertiary/aromatic N) is 3. The Labute approximate surface area is 280 Å². The molecule has 2 aromatic rings. The molecule has 0 aliphatic carbocycles. The minimum Gasteiger partial charge on any atom is -0.480 e. The van der Waals surface area contributed by atoms with Crippen molar-refractivity contribution in [2.75, 3.05) is 40.8 Å². The molecule has 0 fully saturated rings. The number of ether oxygens (including phenoxy) is 2. The van der Waals surface area contributed by atoms with Crippen molar-refractivity contribution >= 4 is 38.5 Å². The summed E-state index contributed by atoms with van der Waals surface area (Å²) < 4.78 is 17.5. The van der Waals surface area contributed by atoms with Crippen molar-refractivity contribution in [3.63, 3.8) is 0 Å². The van der Waals surface area contributed by atoms with Gasteiger partial charge in [0, 0.05) is 45.7 Å². The van der Waals surface area contributed by atoms with Crippen LogP contribution < -0.4 is 21.5 Å². The van der Waals surface area contributed by atoms with E-state index >= 15 is 0 Å². The lowest BCUT2D eigenvalue weighted by Gasteiger charge is -2.27. The summed E-state index contributed by atoms with van der Waals surface area (Å²) in [4.78, 5) is 73.6. The first-order valence-electron chi connectivity index (χ1n) is 15.0. The number of aliphatic carboxylic acids is 1. The molecule has 17 heteroatoms. The van der Waals surface area contributed by atoms with Gasteiger partial charge in [0.15, 0.2) is 0 Å². The average molecular weight is 693 g/mol. The zero-order chi connectivity index (χ0) is 36.0. The molecule has 48 heavy (non-hydrogen) atoms. The van der Waals surface area contributed by atoms with Gasteiger partial charge in [-0.2, -0.15) is 0 Å². The van der Waals surface area contributed by atoms with E-state index in [4.69, 9.17) is 25.5 Å². The number of nitrogens with two attached hydrogens (primary N) is 2. The van der Waals surface area contributed by atoms with Crippen LogP contribution >= 0.6 is 8.53 Å². The third kappa shape index (κ3) is 12.7. The molecule has 0 aliphatic heterocycles. The summed E-state index contributed by atoms with van der Waals surface area (Å²) >= 11 is 0. The van der Waals surface area contributed by atoms with Crippen molar-refractivity contribution in [2.24, 2.45) is 17.4 Å². The first-order valence-corrected chi connectivity index (χ1v) is 16.2. The number of hydrogen-bond acceptors (Lipinski definition) is 11. The molecule has 0 saturated carbocycles. The Morgan fingerprint density at radius 3 is 2.06 bits per heavy atom. The molecular weight excluding hydrogens is 647 g/mol. The molecule has 0 saturated heterocycles. The molecule has 0 bridgehead atoms. The van der Waals surface area contributed by atoms with Crippen LogP contribution in [0.4, 0.5) is 9.59 Å². The van der Waals surface area contributed by atoms with Gasteiger partial charge in [-0.3, -0.25) is 14.5 Å². The standard InChI is InChI=1S/C31H45N6O10P/c1-20(2)26(27(33)38)37(5)31(43)45-19-22-8-12-24(13-9-22)47-30(42)35(3)15-16-36(4)48(44)46-17-14-25(29(40)41)34-28(39)23-10-6-21(18-32)7-11-23/h6-13,20,25-26,44H,14-19,32H2,1-5H3,(H2,33,38)(H,34,39)(H,40,41). The number of benzene rings is 2. The van der Waals surface area contributed by atoms with Gasteiger partial charge in [-0.05, 0) is 48.4 Å². The van der Waals surface area contributed by atoms with Gasteiger partial charge in [-0.25, -0.2) is 19.1 Å². The molecule has 3 atom stereocenters. The van der Waals surface area contributed by atoms with Crippen LogP contribution in [0, 0.1) is 5.92 Å². The Balaban J connectivity index is 1.75. The highest BCUT2D eigenvalue weighted by molar-refractivity contribution is 7.43. The largest absolute Gasteiger partial charge is 0.480 e. The van der Waals surface area contributed by atoms with Gasteiger partial charge in [0.2, 0.25) is 5.91 Å². The highest BCUT2D eigenvalue weighted by Crippen LogP contribution is 2.34. The number of carbonyl (C=O) groups excluding carboxylic acids is 4. The highest BCUT2D eigenvalue weighted by Gasteiger charge is 2.29. The Hall–Kier alpha value is -4.34. The average Bonchev–Trinajstić information content (AvgIpc) is 3.05. The summed E-state index contributed by atoms with van der Waals surface area (Å²) in [5.41, 5.74) is 12.7. The van der Waals surface area contributed by atoms with Crippen molar-refractivity contribution < 1.29 is 48.0 Å². The monoisotopic (exact) mass is 692 g/mol. The van der Waals surface area contributed by atoms with Crippen LogP contribution in [-0.2, 0) is 32.0 Å². The zero-order valence-electron chi connectivity index (χ0n) is 27.7. The molecule has 16 nitrogen and oxygen atoms in total. The molecule has 0 spiro atoms. The molecule has 3 unspecified atom stereocenters. The maximum atomic E-state index is 12.6. The normalized spacial score (nSPS) is 12.9. The number of nitrogens with one attached hydrogen (secondary N) is 1. The third-order valence-electron chi connectivity index (χ3n) is 7.15. The van der Waals surface area contributed by atoms with Gasteiger partial charge in [0.25, 0.3) is 14.4 Å². The number of carbonyl (C=O) groups is 5. The van der Waals surface area contributed by atoms with Crippen LogP contribution in [-0.4, -0.2) is 107 Å². The Kier molecular flexibility index (Phi) is 16.2. The fourth-order valence-corrected chi connectivity index (χ4v) is 5.00. The van der Waals surface area contributed by atoms with Crippen molar-refractivity contribution in [1.29, 1.82) is 0 Å². The second-order valence-electron chi connectivity index (χ2n) is 11.2. The third-order valence-corrected chi connectivity index (χ3v) is 8.35. The fourth-order valence-electron chi connectivity index (χ4n) is 4.27. The summed E-state index contributed by atoms with van der Waals surface area (Å²) in [6, 6.07) is 10.7. The minimum atomic E-state index is -2.11. The molecule has 0 aliphatic rings. The Morgan fingerprint density at radius 1 is 0.917 bits per heavy atom. The van der Waals surface area contributed by atoms with Crippen molar-refractivity contribution in [1.82, 2.24) is 19.8 Å². The van der Waals surface area contributed by atoms with E-state index in [1.807, 2.05) is 0 Å². The van der Waals surface area contributed by atoms with Crippen LogP contribution in [0.2, 0.25) is 0 Å². The Morgan fingerprint density at radius 2 is 1.52 bits per heavy atom. The maximum absolute atomic E-state index is 12.6.